The number of hydrogen-bond donors (Lipinski definition) is 0. The van der Waals surface area contributed by atoms with Crippen molar-refractivity contribution in [3.05, 3.63) is 29.7 Å². The minimum atomic E-state index is 0.0967. The van der Waals surface area contributed by atoms with Gasteiger partial charge in [0.25, 0.3) is 0 Å². The number of rotatable bonds is 2. The van der Waals surface area contributed by atoms with Crippen LogP contribution in [0.4, 0.5) is 0 Å². The first-order valence-electron chi connectivity index (χ1n) is 6.72. The summed E-state index contributed by atoms with van der Waals surface area (Å²) in [5.74, 6) is 2.04. The van der Waals surface area contributed by atoms with Crippen molar-refractivity contribution in [1.29, 1.82) is 0 Å². The van der Waals surface area contributed by atoms with E-state index in [1.807, 2.05) is 17.0 Å². The molecule has 18 heavy (non-hydrogen) atoms. The molecule has 2 aliphatic carbocycles. The van der Waals surface area contributed by atoms with Gasteiger partial charge in [0.2, 0.25) is 5.91 Å². The van der Waals surface area contributed by atoms with E-state index in [-0.39, 0.29) is 5.41 Å². The van der Waals surface area contributed by atoms with Crippen LogP contribution in [0.1, 0.15) is 31.9 Å². The fourth-order valence-electron chi connectivity index (χ4n) is 3.14. The Morgan fingerprint density at radius 2 is 2.28 bits per heavy atom. The molecule has 3 heteroatoms. The van der Waals surface area contributed by atoms with Crippen molar-refractivity contribution in [2.24, 2.45) is 11.3 Å². The van der Waals surface area contributed by atoms with Gasteiger partial charge in [-0.3, -0.25) is 4.79 Å². The average Bonchev–Trinajstić information content (AvgIpc) is 3.15. The van der Waals surface area contributed by atoms with Crippen molar-refractivity contribution in [3.63, 3.8) is 0 Å². The van der Waals surface area contributed by atoms with Gasteiger partial charge in [-0.1, -0.05) is 5.57 Å². The minimum Gasteiger partial charge on any atom is -0.465 e. The zero-order chi connectivity index (χ0) is 12.3. The maximum Gasteiger partial charge on any atom is 0.229 e. The lowest BCUT2D eigenvalue weighted by atomic mass is 9.98. The molecule has 0 N–H and O–H groups in total. The summed E-state index contributed by atoms with van der Waals surface area (Å²) in [6.07, 6.45) is 4.96. The smallest absolute Gasteiger partial charge is 0.229 e. The van der Waals surface area contributed by atoms with E-state index in [0.717, 1.165) is 44.0 Å². The molecule has 0 unspecified atom stereocenters. The highest BCUT2D eigenvalue weighted by Crippen LogP contribution is 2.76. The van der Waals surface area contributed by atoms with Gasteiger partial charge in [0.15, 0.2) is 0 Å². The monoisotopic (exact) mass is 243 g/mol. The third kappa shape index (κ3) is 1.33. The van der Waals surface area contributed by atoms with Crippen LogP contribution in [-0.2, 0) is 4.79 Å². The van der Waals surface area contributed by atoms with E-state index >= 15 is 0 Å². The molecular formula is C15H17NO2. The number of fused-ring (bicyclic) bond motifs is 1. The fourth-order valence-corrected chi connectivity index (χ4v) is 3.14. The number of furan rings is 1. The summed E-state index contributed by atoms with van der Waals surface area (Å²) < 4.78 is 5.49. The number of amides is 1. The van der Waals surface area contributed by atoms with Gasteiger partial charge in [-0.25, -0.2) is 0 Å². The van der Waals surface area contributed by atoms with E-state index in [2.05, 4.69) is 6.92 Å². The van der Waals surface area contributed by atoms with Gasteiger partial charge >= 0.3 is 0 Å². The van der Waals surface area contributed by atoms with Gasteiger partial charge < -0.3 is 9.32 Å². The standard InChI is InChI=1S/C15H17NO2/c1-10-4-5-16(14(17)15-7-11(15)8-15)9-12(10)13-3-2-6-18-13/h2-3,6,11H,4-5,7-9H2,1H3. The summed E-state index contributed by atoms with van der Waals surface area (Å²) in [6, 6.07) is 3.90. The second-order valence-corrected chi connectivity index (χ2v) is 5.97. The molecule has 0 aromatic carbocycles. The van der Waals surface area contributed by atoms with E-state index in [1.54, 1.807) is 6.26 Å². The maximum absolute atomic E-state index is 12.4. The molecule has 3 aliphatic rings. The van der Waals surface area contributed by atoms with Crippen LogP contribution >= 0.6 is 0 Å². The first-order chi connectivity index (χ1) is 8.71. The molecule has 1 aromatic heterocycles. The van der Waals surface area contributed by atoms with E-state index < -0.39 is 0 Å². The van der Waals surface area contributed by atoms with Gasteiger partial charge in [0, 0.05) is 18.7 Å². The second kappa shape index (κ2) is 3.28. The Hall–Kier alpha value is -1.51. The molecule has 2 saturated carbocycles. The van der Waals surface area contributed by atoms with Crippen LogP contribution in [0, 0.1) is 11.3 Å². The van der Waals surface area contributed by atoms with Gasteiger partial charge in [-0.2, -0.15) is 0 Å². The Labute approximate surface area is 106 Å². The predicted molar refractivity (Wildman–Crippen MR) is 67.7 cm³/mol. The lowest BCUT2D eigenvalue weighted by Crippen LogP contribution is -2.39. The molecule has 1 aromatic rings. The maximum atomic E-state index is 12.4. The van der Waals surface area contributed by atoms with Crippen molar-refractivity contribution < 1.29 is 9.21 Å². The lowest BCUT2D eigenvalue weighted by Gasteiger charge is -2.30. The SMILES string of the molecule is CC1=C(c2ccco2)CN(C(=O)C23CC2C3)CC1. The van der Waals surface area contributed by atoms with Crippen molar-refractivity contribution in [3.8, 4) is 0 Å². The molecule has 1 amide bonds. The summed E-state index contributed by atoms with van der Waals surface area (Å²) in [4.78, 5) is 14.5. The highest BCUT2D eigenvalue weighted by atomic mass is 16.3. The molecule has 0 spiro atoms. The zero-order valence-electron chi connectivity index (χ0n) is 10.6. The highest BCUT2D eigenvalue weighted by Gasteiger charge is 2.75. The van der Waals surface area contributed by atoms with Crippen LogP contribution in [0.15, 0.2) is 28.4 Å². The minimum absolute atomic E-state index is 0.0967. The Balaban J connectivity index is 1.58. The molecule has 1 aliphatic heterocycles. The van der Waals surface area contributed by atoms with Crippen LogP contribution in [-0.4, -0.2) is 23.9 Å². The summed E-state index contributed by atoms with van der Waals surface area (Å²) in [5, 5.41) is 0. The first kappa shape index (κ1) is 10.4. The van der Waals surface area contributed by atoms with E-state index in [9.17, 15) is 4.79 Å². The van der Waals surface area contributed by atoms with Crippen molar-refractivity contribution in [1.82, 2.24) is 4.90 Å². The summed E-state index contributed by atoms with van der Waals surface area (Å²) >= 11 is 0. The number of carbonyl (C=O) groups excluding carboxylic acids is 1. The molecule has 0 radical (unpaired) electrons. The van der Waals surface area contributed by atoms with Gasteiger partial charge in [-0.15, -0.1) is 0 Å². The number of nitrogens with zero attached hydrogens (tertiary/aromatic N) is 1. The third-order valence-corrected chi connectivity index (χ3v) is 4.84. The lowest BCUT2D eigenvalue weighted by molar-refractivity contribution is -0.134. The van der Waals surface area contributed by atoms with E-state index in [1.165, 1.54) is 11.1 Å². The Morgan fingerprint density at radius 3 is 2.89 bits per heavy atom. The average molecular weight is 243 g/mol. The topological polar surface area (TPSA) is 33.5 Å². The number of carbonyl (C=O) groups is 1. The molecule has 4 rings (SSSR count). The molecule has 2 heterocycles. The highest BCUT2D eigenvalue weighted by molar-refractivity contribution is 5.91. The van der Waals surface area contributed by atoms with E-state index in [4.69, 9.17) is 4.42 Å². The van der Waals surface area contributed by atoms with Gasteiger partial charge in [-0.05, 0) is 44.2 Å². The molecule has 0 atom stereocenters. The van der Waals surface area contributed by atoms with Crippen molar-refractivity contribution >= 4 is 11.5 Å². The normalized spacial score (nSPS) is 33.4. The first-order valence-corrected chi connectivity index (χ1v) is 6.72. The van der Waals surface area contributed by atoms with Crippen LogP contribution in [0.25, 0.3) is 5.57 Å². The van der Waals surface area contributed by atoms with E-state index in [0.29, 0.717) is 5.91 Å². The van der Waals surface area contributed by atoms with Gasteiger partial charge in [0.1, 0.15) is 5.76 Å². The molecule has 94 valence electrons. The molecule has 3 nitrogen and oxygen atoms in total. The third-order valence-electron chi connectivity index (χ3n) is 4.84. The summed E-state index contributed by atoms with van der Waals surface area (Å²) in [7, 11) is 0. The quantitative estimate of drug-likeness (QED) is 0.800. The molecular weight excluding hydrogens is 226 g/mol. The van der Waals surface area contributed by atoms with Gasteiger partial charge in [0.05, 0.1) is 11.7 Å². The second-order valence-electron chi connectivity index (χ2n) is 5.97. The molecule has 2 fully saturated rings. The molecule has 0 saturated heterocycles. The molecule has 0 bridgehead atoms. The van der Waals surface area contributed by atoms with Crippen molar-refractivity contribution in [2.75, 3.05) is 13.1 Å². The summed E-state index contributed by atoms with van der Waals surface area (Å²) in [6.45, 7) is 3.75. The fraction of sp³-hybridized carbons (Fsp3) is 0.533. The van der Waals surface area contributed by atoms with Crippen LogP contribution in [0.3, 0.4) is 0 Å². The summed E-state index contributed by atoms with van der Waals surface area (Å²) in [5.41, 5.74) is 2.66. The van der Waals surface area contributed by atoms with Crippen LogP contribution in [0.2, 0.25) is 0 Å². The Morgan fingerprint density at radius 1 is 1.50 bits per heavy atom. The zero-order valence-corrected chi connectivity index (χ0v) is 10.6. The number of hydrogen-bond acceptors (Lipinski definition) is 2. The Kier molecular flexibility index (Phi) is 1.90. The predicted octanol–water partition coefficient (Wildman–Crippen LogP) is 2.70. The van der Waals surface area contributed by atoms with Crippen molar-refractivity contribution in [2.45, 2.75) is 26.2 Å². The van der Waals surface area contributed by atoms with Crippen LogP contribution in [0.5, 0.6) is 0 Å². The Bertz CT molecular complexity index is 535. The van der Waals surface area contributed by atoms with Crippen LogP contribution < -0.4 is 0 Å². The largest absolute Gasteiger partial charge is 0.465 e.